The number of aromatic nitrogens is 6. The van der Waals surface area contributed by atoms with Gasteiger partial charge in [-0.3, -0.25) is 14.3 Å². The number of carbonyl (C=O) groups is 1. The molecule has 0 saturated carbocycles. The van der Waals surface area contributed by atoms with Gasteiger partial charge >= 0.3 is 0 Å². The Kier molecular flexibility index (Phi) is 7.44. The van der Waals surface area contributed by atoms with Crippen LogP contribution in [0, 0.1) is 18.8 Å². The molecule has 0 aliphatic carbocycles. The predicted molar refractivity (Wildman–Crippen MR) is 154 cm³/mol. The Morgan fingerprint density at radius 3 is 2.73 bits per heavy atom. The van der Waals surface area contributed by atoms with Crippen LogP contribution in [0.4, 0.5) is 0 Å². The molecular formula is C28H28N8O4S. The third-order valence-electron chi connectivity index (χ3n) is 6.70. The van der Waals surface area contributed by atoms with Gasteiger partial charge in [-0.1, -0.05) is 24.0 Å². The molecule has 1 atom stereocenters. The molecule has 41 heavy (non-hydrogen) atoms. The monoisotopic (exact) mass is 572 g/mol. The highest BCUT2D eigenvalue weighted by Gasteiger charge is 2.23. The minimum atomic E-state index is -3.63. The van der Waals surface area contributed by atoms with Gasteiger partial charge in [0, 0.05) is 43.4 Å². The minimum absolute atomic E-state index is 0.130. The molecule has 2 N–H and O–H groups in total. The Bertz CT molecular complexity index is 2030. The lowest BCUT2D eigenvalue weighted by Crippen LogP contribution is -2.35. The summed E-state index contributed by atoms with van der Waals surface area (Å²) < 4.78 is 31.4. The van der Waals surface area contributed by atoms with Crippen LogP contribution in [0.15, 0.2) is 59.9 Å². The van der Waals surface area contributed by atoms with E-state index < -0.39 is 27.5 Å². The average molecular weight is 573 g/mol. The van der Waals surface area contributed by atoms with E-state index in [9.17, 15) is 18.0 Å². The van der Waals surface area contributed by atoms with Crippen LogP contribution < -0.4 is 15.6 Å². The van der Waals surface area contributed by atoms with Gasteiger partial charge in [0.15, 0.2) is 5.65 Å². The van der Waals surface area contributed by atoms with Gasteiger partial charge in [0.2, 0.25) is 10.0 Å². The lowest BCUT2D eigenvalue weighted by Gasteiger charge is -2.21. The lowest BCUT2D eigenvalue weighted by atomic mass is 10.0. The summed E-state index contributed by atoms with van der Waals surface area (Å²) >= 11 is 0. The zero-order chi connectivity index (χ0) is 29.3. The number of sulfonamides is 1. The average Bonchev–Trinajstić information content (AvgIpc) is 3.52. The third kappa shape index (κ3) is 5.60. The van der Waals surface area contributed by atoms with Gasteiger partial charge in [-0.25, -0.2) is 22.6 Å². The SMILES string of the molecule is CNS(=O)(=O)CCn1c(C(C)NC(=O)c2c(C)nn3cccnc23)cc2cccc(C#Cc3cnn(C)c3)c2c1=O. The Morgan fingerprint density at radius 1 is 1.20 bits per heavy atom. The fraction of sp³-hybridized carbons (Fsp3) is 0.250. The molecule has 210 valence electrons. The highest BCUT2D eigenvalue weighted by Crippen LogP contribution is 2.22. The van der Waals surface area contributed by atoms with Crippen LogP contribution in [0.5, 0.6) is 0 Å². The first-order valence-electron chi connectivity index (χ1n) is 12.8. The number of hydrogen-bond donors (Lipinski definition) is 2. The molecule has 12 nitrogen and oxygen atoms in total. The van der Waals surface area contributed by atoms with Gasteiger partial charge in [0.1, 0.15) is 5.56 Å². The van der Waals surface area contributed by atoms with Crippen molar-refractivity contribution in [2.24, 2.45) is 7.05 Å². The van der Waals surface area contributed by atoms with Gasteiger partial charge in [0.05, 0.1) is 34.6 Å². The molecule has 0 fully saturated rings. The highest BCUT2D eigenvalue weighted by atomic mass is 32.2. The van der Waals surface area contributed by atoms with Crippen molar-refractivity contribution < 1.29 is 13.2 Å². The molecule has 1 aromatic carbocycles. The zero-order valence-electron chi connectivity index (χ0n) is 22.9. The van der Waals surface area contributed by atoms with Crippen molar-refractivity contribution >= 4 is 32.4 Å². The van der Waals surface area contributed by atoms with Crippen LogP contribution in [0.1, 0.15) is 45.8 Å². The summed E-state index contributed by atoms with van der Waals surface area (Å²) in [5, 5.41) is 12.4. The van der Waals surface area contributed by atoms with Crippen LogP contribution in [0.25, 0.3) is 16.4 Å². The van der Waals surface area contributed by atoms with Gasteiger partial charge < -0.3 is 9.88 Å². The maximum atomic E-state index is 14.0. The number of amides is 1. The fourth-order valence-electron chi connectivity index (χ4n) is 4.66. The fourth-order valence-corrected chi connectivity index (χ4v) is 5.28. The number of benzene rings is 1. The Hall–Kier alpha value is -4.80. The molecule has 0 radical (unpaired) electrons. The quantitative estimate of drug-likeness (QED) is 0.281. The van der Waals surface area contributed by atoms with E-state index in [0.717, 1.165) is 0 Å². The van der Waals surface area contributed by atoms with Gasteiger partial charge in [-0.2, -0.15) is 10.2 Å². The molecule has 5 aromatic rings. The summed E-state index contributed by atoms with van der Waals surface area (Å²) in [6.07, 6.45) is 6.67. The smallest absolute Gasteiger partial charge is 0.259 e. The molecular weight excluding hydrogens is 544 g/mol. The van der Waals surface area contributed by atoms with Crippen molar-refractivity contribution in [3.05, 3.63) is 93.6 Å². The summed E-state index contributed by atoms with van der Waals surface area (Å²) in [4.78, 5) is 31.7. The van der Waals surface area contributed by atoms with E-state index in [1.54, 1.807) is 80.7 Å². The normalized spacial score (nSPS) is 12.3. The molecule has 1 amide bonds. The van der Waals surface area contributed by atoms with E-state index in [4.69, 9.17) is 0 Å². The zero-order valence-corrected chi connectivity index (χ0v) is 23.7. The number of hydrogen-bond acceptors (Lipinski definition) is 7. The number of carbonyl (C=O) groups excluding carboxylic acids is 1. The largest absolute Gasteiger partial charge is 0.344 e. The molecule has 0 aliphatic rings. The van der Waals surface area contributed by atoms with E-state index in [0.29, 0.717) is 44.5 Å². The number of nitrogens with one attached hydrogen (secondary N) is 2. The molecule has 4 aromatic heterocycles. The summed E-state index contributed by atoms with van der Waals surface area (Å²) in [7, 11) is -0.518. The highest BCUT2D eigenvalue weighted by molar-refractivity contribution is 7.89. The molecule has 0 spiro atoms. The van der Waals surface area contributed by atoms with Gasteiger partial charge in [-0.15, -0.1) is 0 Å². The van der Waals surface area contributed by atoms with Crippen molar-refractivity contribution in [1.82, 2.24) is 39.0 Å². The number of aryl methyl sites for hydroxylation is 2. The van der Waals surface area contributed by atoms with Gasteiger partial charge in [-0.05, 0) is 44.5 Å². The number of pyridine rings is 1. The first-order valence-corrected chi connectivity index (χ1v) is 14.4. The molecule has 13 heteroatoms. The van der Waals surface area contributed by atoms with Crippen molar-refractivity contribution in [3.63, 3.8) is 0 Å². The Morgan fingerprint density at radius 2 is 2.00 bits per heavy atom. The molecule has 0 bridgehead atoms. The number of fused-ring (bicyclic) bond motifs is 2. The first-order chi connectivity index (χ1) is 19.6. The van der Waals surface area contributed by atoms with Crippen molar-refractivity contribution in [1.29, 1.82) is 0 Å². The second-order valence-corrected chi connectivity index (χ2v) is 11.6. The third-order valence-corrected chi connectivity index (χ3v) is 8.04. The first kappa shape index (κ1) is 27.8. The number of rotatable bonds is 7. The van der Waals surface area contributed by atoms with Crippen LogP contribution >= 0.6 is 0 Å². The minimum Gasteiger partial charge on any atom is -0.344 e. The van der Waals surface area contributed by atoms with Crippen molar-refractivity contribution in [2.75, 3.05) is 12.8 Å². The standard InChI is InChI=1S/C28H28N8O4S/c1-18(32-27(37)24-19(2)33-36-12-6-11-30-26(24)36)23-15-22-8-5-7-21(10-9-20-16-31-34(4)17-20)25(22)28(38)35(23)13-14-41(39,40)29-3/h5-8,11-12,15-18,29H,13-14H2,1-4H3,(H,32,37). The van der Waals surface area contributed by atoms with E-state index in [1.165, 1.54) is 16.1 Å². The van der Waals surface area contributed by atoms with E-state index in [1.807, 2.05) is 0 Å². The maximum Gasteiger partial charge on any atom is 0.259 e. The molecule has 4 heterocycles. The summed E-state index contributed by atoms with van der Waals surface area (Å²) in [6, 6.07) is 8.16. The Balaban J connectivity index is 1.59. The Labute approximate surface area is 236 Å². The van der Waals surface area contributed by atoms with E-state index in [-0.39, 0.29) is 12.3 Å². The second kappa shape index (κ2) is 11.0. The van der Waals surface area contributed by atoms with E-state index in [2.05, 4.69) is 37.1 Å². The second-order valence-electron chi connectivity index (χ2n) is 9.51. The topological polar surface area (TPSA) is 145 Å². The van der Waals surface area contributed by atoms with E-state index >= 15 is 0 Å². The summed E-state index contributed by atoms with van der Waals surface area (Å²) in [6.45, 7) is 3.33. The maximum absolute atomic E-state index is 14.0. The van der Waals surface area contributed by atoms with Crippen molar-refractivity contribution in [3.8, 4) is 11.8 Å². The molecule has 0 aliphatic heterocycles. The molecule has 5 rings (SSSR count). The van der Waals surface area contributed by atoms with Gasteiger partial charge in [0.25, 0.3) is 11.5 Å². The molecule has 0 saturated heterocycles. The lowest BCUT2D eigenvalue weighted by molar-refractivity contribution is 0.0939. The summed E-state index contributed by atoms with van der Waals surface area (Å²) in [5.41, 5.74) is 2.45. The molecule has 1 unspecified atom stereocenters. The van der Waals surface area contributed by atoms with Crippen molar-refractivity contribution in [2.45, 2.75) is 26.4 Å². The van der Waals surface area contributed by atoms with Crippen LogP contribution in [0.3, 0.4) is 0 Å². The van der Waals surface area contributed by atoms with Crippen LogP contribution in [0.2, 0.25) is 0 Å². The predicted octanol–water partition coefficient (Wildman–Crippen LogP) is 1.53. The van der Waals surface area contributed by atoms with Crippen LogP contribution in [-0.2, 0) is 23.6 Å². The van der Waals surface area contributed by atoms with Crippen LogP contribution in [-0.4, -0.2) is 56.1 Å². The summed E-state index contributed by atoms with van der Waals surface area (Å²) in [5.74, 6) is 5.34. The number of nitrogens with zero attached hydrogens (tertiary/aromatic N) is 6.